The third-order valence-corrected chi connectivity index (χ3v) is 2.59. The van der Waals surface area contributed by atoms with Crippen LogP contribution in [0.1, 0.15) is 17.3 Å². The van der Waals surface area contributed by atoms with E-state index in [1.807, 2.05) is 18.2 Å². The third-order valence-electron chi connectivity index (χ3n) is 2.59. The van der Waals surface area contributed by atoms with E-state index in [9.17, 15) is 4.79 Å². The zero-order chi connectivity index (χ0) is 10.8. The summed E-state index contributed by atoms with van der Waals surface area (Å²) >= 11 is 0. The molecule has 1 aromatic carbocycles. The Balaban J connectivity index is 2.10. The first-order chi connectivity index (χ1) is 7.16. The van der Waals surface area contributed by atoms with Crippen LogP contribution in [0.5, 0.6) is 5.75 Å². The van der Waals surface area contributed by atoms with Crippen LogP contribution in [0.3, 0.4) is 0 Å². The van der Waals surface area contributed by atoms with Crippen LogP contribution in [0.4, 0.5) is 0 Å². The first-order valence-electron chi connectivity index (χ1n) is 5.12. The van der Waals surface area contributed by atoms with Crippen molar-refractivity contribution in [2.45, 2.75) is 13.0 Å². The van der Waals surface area contributed by atoms with E-state index in [2.05, 4.69) is 11.9 Å². The van der Waals surface area contributed by atoms with Crippen molar-refractivity contribution in [3.05, 3.63) is 29.8 Å². The molecule has 1 heterocycles. The van der Waals surface area contributed by atoms with E-state index >= 15 is 0 Å². The molecule has 15 heavy (non-hydrogen) atoms. The number of carbonyl (C=O) groups excluding carboxylic acids is 1. The predicted molar refractivity (Wildman–Crippen MR) is 58.4 cm³/mol. The van der Waals surface area contributed by atoms with Crippen molar-refractivity contribution >= 4 is 5.78 Å². The Morgan fingerprint density at radius 2 is 2.07 bits per heavy atom. The molecule has 1 aliphatic heterocycles. The maximum absolute atomic E-state index is 11.3. The average Bonchev–Trinajstić information content (AvgIpc) is 2.16. The monoisotopic (exact) mass is 205 g/mol. The first kappa shape index (κ1) is 10.2. The lowest BCUT2D eigenvalue weighted by atomic mass is 10.1. The summed E-state index contributed by atoms with van der Waals surface area (Å²) in [6.07, 6.45) is 0.232. The van der Waals surface area contributed by atoms with Crippen molar-refractivity contribution in [1.82, 2.24) is 4.90 Å². The Labute approximate surface area is 89.7 Å². The highest BCUT2D eigenvalue weighted by atomic mass is 16.5. The van der Waals surface area contributed by atoms with Gasteiger partial charge in [-0.15, -0.1) is 0 Å². The molecule has 0 saturated carbocycles. The number of ketones is 1. The lowest BCUT2D eigenvalue weighted by molar-refractivity contribution is 0.0381. The predicted octanol–water partition coefficient (Wildman–Crippen LogP) is 1.58. The van der Waals surface area contributed by atoms with Crippen molar-refractivity contribution in [2.75, 3.05) is 20.1 Å². The standard InChI is InChI=1S/C12H15NO2/c1-9(14)11-5-3-4-6-12(11)15-10-7-13(2)8-10/h3-6,10H,7-8H2,1-2H3. The van der Waals surface area contributed by atoms with Gasteiger partial charge in [0.2, 0.25) is 0 Å². The summed E-state index contributed by atoms with van der Waals surface area (Å²) in [5.74, 6) is 0.765. The molecule has 0 spiro atoms. The molecule has 1 fully saturated rings. The van der Waals surface area contributed by atoms with Crippen molar-refractivity contribution in [3.8, 4) is 5.75 Å². The number of para-hydroxylation sites is 1. The van der Waals surface area contributed by atoms with Crippen LogP contribution in [0, 0.1) is 0 Å². The molecule has 0 atom stereocenters. The Bertz CT molecular complexity index is 370. The normalized spacial score (nSPS) is 17.2. The van der Waals surface area contributed by atoms with Crippen LogP contribution < -0.4 is 4.74 Å². The molecule has 0 bridgehead atoms. The SMILES string of the molecule is CC(=O)c1ccccc1OC1CN(C)C1. The molecular weight excluding hydrogens is 190 g/mol. The molecule has 2 rings (SSSR count). The second-order valence-corrected chi connectivity index (χ2v) is 4.01. The third kappa shape index (κ3) is 2.18. The zero-order valence-electron chi connectivity index (χ0n) is 9.06. The maximum Gasteiger partial charge on any atom is 0.163 e. The Kier molecular flexibility index (Phi) is 2.73. The molecule has 1 aliphatic rings. The number of carbonyl (C=O) groups is 1. The van der Waals surface area contributed by atoms with Crippen molar-refractivity contribution in [3.63, 3.8) is 0 Å². The van der Waals surface area contributed by atoms with Crippen molar-refractivity contribution in [2.24, 2.45) is 0 Å². The van der Waals surface area contributed by atoms with E-state index in [-0.39, 0.29) is 11.9 Å². The fourth-order valence-corrected chi connectivity index (χ4v) is 1.76. The van der Waals surface area contributed by atoms with Crippen molar-refractivity contribution in [1.29, 1.82) is 0 Å². The average molecular weight is 205 g/mol. The van der Waals surface area contributed by atoms with Crippen LogP contribution in [-0.2, 0) is 0 Å². The van der Waals surface area contributed by atoms with Gasteiger partial charge in [0, 0.05) is 13.1 Å². The molecule has 80 valence electrons. The quantitative estimate of drug-likeness (QED) is 0.702. The smallest absolute Gasteiger partial charge is 0.163 e. The van der Waals surface area contributed by atoms with Gasteiger partial charge in [0.15, 0.2) is 5.78 Å². The molecule has 0 aliphatic carbocycles. The number of likely N-dealkylation sites (N-methyl/N-ethyl adjacent to an activating group) is 1. The van der Waals surface area contributed by atoms with E-state index in [0.717, 1.165) is 13.1 Å². The summed E-state index contributed by atoms with van der Waals surface area (Å²) in [6, 6.07) is 7.41. The molecule has 0 N–H and O–H groups in total. The summed E-state index contributed by atoms with van der Waals surface area (Å²) in [7, 11) is 2.05. The number of likely N-dealkylation sites (tertiary alicyclic amines) is 1. The first-order valence-corrected chi connectivity index (χ1v) is 5.12. The number of rotatable bonds is 3. The summed E-state index contributed by atoms with van der Waals surface area (Å²) in [5.41, 5.74) is 0.673. The van der Waals surface area contributed by atoms with Gasteiger partial charge in [-0.05, 0) is 26.1 Å². The Morgan fingerprint density at radius 3 is 2.67 bits per heavy atom. The van der Waals surface area contributed by atoms with Crippen molar-refractivity contribution < 1.29 is 9.53 Å². The molecule has 3 heteroatoms. The molecule has 0 unspecified atom stereocenters. The molecule has 3 nitrogen and oxygen atoms in total. The highest BCUT2D eigenvalue weighted by Crippen LogP contribution is 2.22. The van der Waals surface area contributed by atoms with Crippen LogP contribution >= 0.6 is 0 Å². The lowest BCUT2D eigenvalue weighted by Gasteiger charge is -2.36. The number of hydrogen-bond acceptors (Lipinski definition) is 3. The van der Waals surface area contributed by atoms with Crippen LogP contribution in [-0.4, -0.2) is 36.9 Å². The van der Waals surface area contributed by atoms with Gasteiger partial charge in [0.05, 0.1) is 5.56 Å². The molecular formula is C12H15NO2. The molecule has 1 saturated heterocycles. The van der Waals surface area contributed by atoms with Gasteiger partial charge in [0.1, 0.15) is 11.9 Å². The largest absolute Gasteiger partial charge is 0.487 e. The fraction of sp³-hybridized carbons (Fsp3) is 0.417. The minimum Gasteiger partial charge on any atom is -0.487 e. The Morgan fingerprint density at radius 1 is 1.40 bits per heavy atom. The van der Waals surface area contributed by atoms with Crippen LogP contribution in [0.25, 0.3) is 0 Å². The van der Waals surface area contributed by atoms with Crippen LogP contribution in [0.15, 0.2) is 24.3 Å². The van der Waals surface area contributed by atoms with Gasteiger partial charge in [0.25, 0.3) is 0 Å². The summed E-state index contributed by atoms with van der Waals surface area (Å²) in [5, 5.41) is 0. The van der Waals surface area contributed by atoms with E-state index in [1.165, 1.54) is 0 Å². The minimum atomic E-state index is 0.0540. The van der Waals surface area contributed by atoms with E-state index in [4.69, 9.17) is 4.74 Å². The minimum absolute atomic E-state index is 0.0540. The molecule has 0 aromatic heterocycles. The van der Waals surface area contributed by atoms with Gasteiger partial charge >= 0.3 is 0 Å². The zero-order valence-corrected chi connectivity index (χ0v) is 9.06. The number of Topliss-reactive ketones (excluding diaryl/α,β-unsaturated/α-hetero) is 1. The van der Waals surface area contributed by atoms with Crippen LogP contribution in [0.2, 0.25) is 0 Å². The van der Waals surface area contributed by atoms with Gasteiger partial charge in [-0.25, -0.2) is 0 Å². The number of ether oxygens (including phenoxy) is 1. The van der Waals surface area contributed by atoms with Gasteiger partial charge in [-0.3, -0.25) is 9.69 Å². The molecule has 1 aromatic rings. The fourth-order valence-electron chi connectivity index (χ4n) is 1.76. The number of hydrogen-bond donors (Lipinski definition) is 0. The highest BCUT2D eigenvalue weighted by Gasteiger charge is 2.25. The second kappa shape index (κ2) is 4.03. The van der Waals surface area contributed by atoms with E-state index in [0.29, 0.717) is 11.3 Å². The van der Waals surface area contributed by atoms with Gasteiger partial charge in [-0.2, -0.15) is 0 Å². The second-order valence-electron chi connectivity index (χ2n) is 4.01. The number of benzene rings is 1. The number of nitrogens with zero attached hydrogens (tertiary/aromatic N) is 1. The van der Waals surface area contributed by atoms with Gasteiger partial charge < -0.3 is 4.74 Å². The maximum atomic E-state index is 11.3. The molecule has 0 radical (unpaired) electrons. The Hall–Kier alpha value is -1.35. The summed E-state index contributed by atoms with van der Waals surface area (Å²) < 4.78 is 5.75. The highest BCUT2D eigenvalue weighted by molar-refractivity contribution is 5.96. The van der Waals surface area contributed by atoms with Gasteiger partial charge in [-0.1, -0.05) is 12.1 Å². The summed E-state index contributed by atoms with van der Waals surface area (Å²) in [4.78, 5) is 13.5. The lowest BCUT2D eigenvalue weighted by Crippen LogP contribution is -2.51. The summed E-state index contributed by atoms with van der Waals surface area (Å²) in [6.45, 7) is 3.44. The molecule has 0 amide bonds. The van der Waals surface area contributed by atoms with E-state index < -0.39 is 0 Å². The van der Waals surface area contributed by atoms with E-state index in [1.54, 1.807) is 13.0 Å². The topological polar surface area (TPSA) is 29.5 Å².